The van der Waals surface area contributed by atoms with Crippen LogP contribution >= 0.6 is 12.2 Å². The van der Waals surface area contributed by atoms with Gasteiger partial charge in [0, 0.05) is 53.6 Å². The number of hydrogen-bond donors (Lipinski definition) is 6. The highest BCUT2D eigenvalue weighted by atomic mass is 32.1. The summed E-state index contributed by atoms with van der Waals surface area (Å²) in [5.74, 6) is -0.279. The van der Waals surface area contributed by atoms with Gasteiger partial charge < -0.3 is 45.9 Å². The average molecular weight is 674 g/mol. The second-order valence-corrected chi connectivity index (χ2v) is 12.8. The van der Waals surface area contributed by atoms with Crippen molar-refractivity contribution in [2.45, 2.75) is 63.3 Å². The summed E-state index contributed by atoms with van der Waals surface area (Å²) in [5, 5.41) is 32.7. The molecular weight excluding hydrogens is 634 g/mol. The number of esters is 1. The van der Waals surface area contributed by atoms with Crippen LogP contribution in [0.3, 0.4) is 0 Å². The van der Waals surface area contributed by atoms with Crippen LogP contribution in [-0.2, 0) is 19.9 Å². The summed E-state index contributed by atoms with van der Waals surface area (Å²) in [6.45, 7) is 4.92. The summed E-state index contributed by atoms with van der Waals surface area (Å²) in [5.41, 5.74) is 1.19. The van der Waals surface area contributed by atoms with E-state index in [0.29, 0.717) is 70.5 Å². The van der Waals surface area contributed by atoms with Gasteiger partial charge in [-0.1, -0.05) is 6.07 Å². The lowest BCUT2D eigenvalue weighted by molar-refractivity contribution is -0.137. The number of hydrogen-bond acceptors (Lipinski definition) is 9. The number of benzene rings is 3. The molecule has 48 heavy (non-hydrogen) atoms. The Hall–Kier alpha value is -4.88. The maximum absolute atomic E-state index is 13.4. The normalized spacial score (nSPS) is 18.1. The Labute approximate surface area is 283 Å². The standard InChI is InChI=1S/C35H39N5O7S/c1-19-6-5-15-40(19)32(44)28(39-31(43)20(2)36-3)7-4-14-37-34(48)38-21-8-11-25-24(16-21)33(45)47-35(25)26-12-9-22(41)17-29(26)46-30-18-23(42)10-13-27(30)35/h8-13,16-20,28,36,41-42H,4-7,14-15H2,1-3H3,(H,39,43)(H2,37,38,48)/t19-,20+,28+/m1/s1. The number of nitrogens with one attached hydrogen (secondary N) is 4. The van der Waals surface area contributed by atoms with Crippen LogP contribution in [0.1, 0.15) is 66.6 Å². The SMILES string of the molecule is CN[C@@H](C)C(=O)N[C@@H](CCCNC(=S)Nc1ccc2c(c1)C(=O)OC21c2ccc(O)cc2Oc2cc(O)ccc21)C(=O)N1CCC[C@H]1C. The van der Waals surface area contributed by atoms with Crippen molar-refractivity contribution in [2.24, 2.45) is 0 Å². The van der Waals surface area contributed by atoms with E-state index in [2.05, 4.69) is 21.3 Å². The van der Waals surface area contributed by atoms with Gasteiger partial charge in [-0.15, -0.1) is 0 Å². The summed E-state index contributed by atoms with van der Waals surface area (Å²) >= 11 is 5.54. The molecule has 3 aliphatic rings. The molecule has 1 fully saturated rings. The second kappa shape index (κ2) is 13.3. The van der Waals surface area contributed by atoms with Crippen LogP contribution in [0.2, 0.25) is 0 Å². The number of nitrogens with zero attached hydrogens (tertiary/aromatic N) is 1. The lowest BCUT2D eigenvalue weighted by Crippen LogP contribution is -2.53. The molecule has 0 aliphatic carbocycles. The molecule has 0 unspecified atom stereocenters. The zero-order chi connectivity index (χ0) is 34.2. The van der Waals surface area contributed by atoms with E-state index < -0.39 is 23.7 Å². The largest absolute Gasteiger partial charge is 0.508 e. The highest BCUT2D eigenvalue weighted by Gasteiger charge is 2.53. The third-order valence-electron chi connectivity index (χ3n) is 9.26. The number of aromatic hydroxyl groups is 2. The Balaban J connectivity index is 1.14. The van der Waals surface area contributed by atoms with Crippen molar-refractivity contribution in [3.63, 3.8) is 0 Å². The quantitative estimate of drug-likeness (QED) is 0.111. The number of rotatable bonds is 9. The molecule has 3 aromatic rings. The minimum absolute atomic E-state index is 0.0194. The van der Waals surface area contributed by atoms with E-state index in [1.807, 2.05) is 11.8 Å². The maximum atomic E-state index is 13.4. The first-order valence-corrected chi connectivity index (χ1v) is 16.5. The topological polar surface area (TPSA) is 161 Å². The number of phenols is 2. The fourth-order valence-electron chi connectivity index (χ4n) is 6.61. The zero-order valence-electron chi connectivity index (χ0n) is 27.0. The molecule has 1 spiro atoms. The minimum atomic E-state index is -1.35. The van der Waals surface area contributed by atoms with Crippen molar-refractivity contribution in [1.29, 1.82) is 0 Å². The number of carbonyl (C=O) groups is 3. The van der Waals surface area contributed by atoms with Crippen LogP contribution in [0, 0.1) is 0 Å². The van der Waals surface area contributed by atoms with E-state index in [0.717, 1.165) is 12.8 Å². The number of carbonyl (C=O) groups excluding carboxylic acids is 3. The first-order chi connectivity index (χ1) is 23.0. The number of anilines is 1. The Morgan fingerprint density at radius 2 is 1.71 bits per heavy atom. The van der Waals surface area contributed by atoms with Gasteiger partial charge >= 0.3 is 5.97 Å². The lowest BCUT2D eigenvalue weighted by atomic mass is 9.77. The van der Waals surface area contributed by atoms with Gasteiger partial charge in [0.05, 0.1) is 11.6 Å². The fraction of sp³-hybridized carbons (Fsp3) is 0.371. The minimum Gasteiger partial charge on any atom is -0.508 e. The zero-order valence-corrected chi connectivity index (χ0v) is 27.8. The molecule has 0 saturated carbocycles. The summed E-state index contributed by atoms with van der Waals surface area (Å²) in [6, 6.07) is 13.5. The Morgan fingerprint density at radius 3 is 2.33 bits per heavy atom. The molecule has 6 N–H and O–H groups in total. The van der Waals surface area contributed by atoms with E-state index in [-0.39, 0.29) is 29.4 Å². The van der Waals surface area contributed by atoms with E-state index in [1.54, 1.807) is 44.3 Å². The average Bonchev–Trinajstić information content (AvgIpc) is 3.61. The van der Waals surface area contributed by atoms with E-state index >= 15 is 0 Å². The number of phenolic OH excluding ortho intramolecular Hbond substituents is 2. The molecule has 0 bridgehead atoms. The number of likely N-dealkylation sites (tertiary alicyclic amines) is 1. The third-order valence-corrected chi connectivity index (χ3v) is 9.51. The Morgan fingerprint density at radius 1 is 1.04 bits per heavy atom. The van der Waals surface area contributed by atoms with Crippen molar-refractivity contribution >= 4 is 40.8 Å². The molecule has 0 aromatic heterocycles. The molecule has 12 nitrogen and oxygen atoms in total. The van der Waals surface area contributed by atoms with Crippen molar-refractivity contribution in [1.82, 2.24) is 20.9 Å². The number of fused-ring (bicyclic) bond motifs is 6. The van der Waals surface area contributed by atoms with Gasteiger partial charge in [-0.25, -0.2) is 4.79 Å². The molecular formula is C35H39N5O7S. The summed E-state index contributed by atoms with van der Waals surface area (Å²) < 4.78 is 12.1. The van der Waals surface area contributed by atoms with Gasteiger partial charge in [0.2, 0.25) is 11.8 Å². The molecule has 1 saturated heterocycles. The number of ether oxygens (including phenoxy) is 2. The number of likely N-dealkylation sites (N-methyl/N-ethyl adjacent to an activating group) is 1. The molecule has 252 valence electrons. The predicted molar refractivity (Wildman–Crippen MR) is 182 cm³/mol. The Bertz CT molecular complexity index is 1730. The molecule has 3 heterocycles. The van der Waals surface area contributed by atoms with Crippen LogP contribution in [-0.4, -0.2) is 76.3 Å². The highest BCUT2D eigenvalue weighted by Crippen LogP contribution is 2.57. The van der Waals surface area contributed by atoms with E-state index in [9.17, 15) is 24.6 Å². The summed E-state index contributed by atoms with van der Waals surface area (Å²) in [6.07, 6.45) is 2.91. The van der Waals surface area contributed by atoms with Crippen molar-refractivity contribution in [3.05, 3.63) is 76.9 Å². The highest BCUT2D eigenvalue weighted by molar-refractivity contribution is 7.80. The van der Waals surface area contributed by atoms with Crippen molar-refractivity contribution < 1.29 is 34.1 Å². The first kappa shape index (κ1) is 33.0. The molecule has 3 aliphatic heterocycles. The van der Waals surface area contributed by atoms with Crippen LogP contribution in [0.25, 0.3) is 0 Å². The first-order valence-electron chi connectivity index (χ1n) is 16.1. The molecule has 3 atom stereocenters. The van der Waals surface area contributed by atoms with Gasteiger partial charge in [-0.2, -0.15) is 0 Å². The summed E-state index contributed by atoms with van der Waals surface area (Å²) in [7, 11) is 1.70. The van der Waals surface area contributed by atoms with Crippen molar-refractivity contribution in [2.75, 3.05) is 25.5 Å². The van der Waals surface area contributed by atoms with Crippen LogP contribution in [0.5, 0.6) is 23.0 Å². The lowest BCUT2D eigenvalue weighted by Gasteiger charge is -2.36. The predicted octanol–water partition coefficient (Wildman–Crippen LogP) is 3.84. The molecule has 2 amide bonds. The van der Waals surface area contributed by atoms with Crippen LogP contribution in [0.15, 0.2) is 54.6 Å². The monoisotopic (exact) mass is 673 g/mol. The maximum Gasteiger partial charge on any atom is 0.340 e. The Kier molecular flexibility index (Phi) is 9.17. The molecule has 6 rings (SSSR count). The molecule has 3 aromatic carbocycles. The smallest absolute Gasteiger partial charge is 0.340 e. The van der Waals surface area contributed by atoms with Gasteiger partial charge in [-0.05, 0) is 95.2 Å². The van der Waals surface area contributed by atoms with Gasteiger partial charge in [0.15, 0.2) is 10.7 Å². The fourth-order valence-corrected chi connectivity index (χ4v) is 6.83. The van der Waals surface area contributed by atoms with Crippen LogP contribution in [0.4, 0.5) is 5.69 Å². The van der Waals surface area contributed by atoms with Crippen molar-refractivity contribution in [3.8, 4) is 23.0 Å². The van der Waals surface area contributed by atoms with Crippen LogP contribution < -0.4 is 26.0 Å². The summed E-state index contributed by atoms with van der Waals surface area (Å²) in [4.78, 5) is 41.2. The third kappa shape index (κ3) is 6.11. The van der Waals surface area contributed by atoms with Gasteiger partial charge in [0.25, 0.3) is 0 Å². The van der Waals surface area contributed by atoms with Gasteiger partial charge in [-0.3, -0.25) is 9.59 Å². The molecule has 0 radical (unpaired) electrons. The number of amides is 2. The van der Waals surface area contributed by atoms with Gasteiger partial charge in [0.1, 0.15) is 29.0 Å². The van der Waals surface area contributed by atoms with E-state index in [4.69, 9.17) is 21.7 Å². The van der Waals surface area contributed by atoms with E-state index in [1.165, 1.54) is 24.3 Å². The molecule has 13 heteroatoms. The number of thiocarbonyl (C=S) groups is 1. The second-order valence-electron chi connectivity index (χ2n) is 12.4.